The molecule has 3 aromatic rings. The summed E-state index contributed by atoms with van der Waals surface area (Å²) in [5, 5.41) is 17.9. The lowest BCUT2D eigenvalue weighted by Gasteiger charge is -2.51. The predicted molar refractivity (Wildman–Crippen MR) is 179 cm³/mol. The molecule has 46 heavy (non-hydrogen) atoms. The van der Waals surface area contributed by atoms with E-state index < -0.39 is 29.5 Å². The highest BCUT2D eigenvalue weighted by atomic mass is 16.5. The quantitative estimate of drug-likeness (QED) is 0.199. The molecule has 1 fully saturated rings. The van der Waals surface area contributed by atoms with E-state index in [4.69, 9.17) is 10.5 Å². The molecule has 4 amide bonds. The Morgan fingerprint density at radius 1 is 0.957 bits per heavy atom. The molecule has 3 aromatic carbocycles. The van der Waals surface area contributed by atoms with Gasteiger partial charge in [-0.15, -0.1) is 0 Å². The first-order chi connectivity index (χ1) is 22.0. The van der Waals surface area contributed by atoms with E-state index in [1.54, 1.807) is 4.90 Å². The first-order valence-electron chi connectivity index (χ1n) is 16.1. The molecule has 1 aliphatic heterocycles. The Kier molecular flexibility index (Phi) is 11.8. The number of carbonyl (C=O) groups excluding carboxylic acids is 3. The van der Waals surface area contributed by atoms with Crippen LogP contribution in [-0.2, 0) is 22.4 Å². The topological polar surface area (TPSA) is 134 Å². The predicted octanol–water partition coefficient (Wildman–Crippen LogP) is 4.32. The van der Waals surface area contributed by atoms with Crippen molar-refractivity contribution in [3.63, 3.8) is 0 Å². The number of hydrogen-bond donors (Lipinski definition) is 4. The molecule has 0 bridgehead atoms. The molecule has 0 saturated carbocycles. The number of benzene rings is 3. The van der Waals surface area contributed by atoms with Crippen molar-refractivity contribution in [1.82, 2.24) is 15.5 Å². The van der Waals surface area contributed by atoms with Crippen molar-refractivity contribution in [1.29, 1.82) is 0 Å². The summed E-state index contributed by atoms with van der Waals surface area (Å²) in [5.41, 5.74) is 8.61. The van der Waals surface area contributed by atoms with E-state index in [-0.39, 0.29) is 30.9 Å². The van der Waals surface area contributed by atoms with Gasteiger partial charge in [0.15, 0.2) is 6.61 Å². The van der Waals surface area contributed by atoms with Crippen LogP contribution in [0.5, 0.6) is 5.75 Å². The number of ether oxygens (including phenoxy) is 1. The fraction of sp³-hybridized carbons (Fsp3) is 0.432. The number of nitrogens with one attached hydrogen (secondary N) is 2. The van der Waals surface area contributed by atoms with E-state index >= 15 is 0 Å². The summed E-state index contributed by atoms with van der Waals surface area (Å²) in [6.07, 6.45) is 0.439. The highest BCUT2D eigenvalue weighted by Gasteiger charge is 2.54. The molecule has 1 heterocycles. The maximum absolute atomic E-state index is 13.7. The van der Waals surface area contributed by atoms with E-state index in [9.17, 15) is 19.5 Å². The van der Waals surface area contributed by atoms with Crippen molar-refractivity contribution in [2.45, 2.75) is 71.1 Å². The summed E-state index contributed by atoms with van der Waals surface area (Å²) in [6.45, 7) is 8.31. The molecular formula is C37H48N4O5. The van der Waals surface area contributed by atoms with E-state index in [2.05, 4.69) is 10.6 Å². The molecule has 1 saturated heterocycles. The van der Waals surface area contributed by atoms with Crippen LogP contribution in [-0.4, -0.2) is 65.2 Å². The number of aliphatic hydroxyl groups is 1. The molecule has 1 aliphatic rings. The van der Waals surface area contributed by atoms with E-state index in [0.29, 0.717) is 38.1 Å². The van der Waals surface area contributed by atoms with Crippen LogP contribution in [0.15, 0.2) is 78.9 Å². The van der Waals surface area contributed by atoms with Crippen molar-refractivity contribution in [2.75, 3.05) is 19.7 Å². The van der Waals surface area contributed by atoms with Gasteiger partial charge in [-0.3, -0.25) is 9.59 Å². The van der Waals surface area contributed by atoms with Gasteiger partial charge in [-0.05, 0) is 73.6 Å². The highest BCUT2D eigenvalue weighted by Crippen LogP contribution is 2.39. The maximum Gasteiger partial charge on any atom is 0.318 e. The van der Waals surface area contributed by atoms with Crippen LogP contribution in [0.2, 0.25) is 0 Å². The second-order valence-electron chi connectivity index (χ2n) is 12.6. The van der Waals surface area contributed by atoms with E-state index in [1.165, 1.54) is 0 Å². The molecule has 246 valence electrons. The minimum atomic E-state index is -1.39. The zero-order valence-corrected chi connectivity index (χ0v) is 27.4. The molecule has 9 nitrogen and oxygen atoms in total. The fourth-order valence-electron chi connectivity index (χ4n) is 6.94. The van der Waals surface area contributed by atoms with Gasteiger partial charge in [0.2, 0.25) is 5.91 Å². The standard InChI is InChI=1S/C37H48N4O5/c1-25(2)37(35(38)44,41-20-12-19-39-36(41)45)30(21-28-15-7-5-8-16-28)23-32(42)31(22-29-17-9-6-10-18-29)40-33(43)24-46-34-26(3)13-11-14-27(34)4/h5-11,13-18,25,30-32,42H,12,19-24H2,1-4H3,(H2,38,44)(H,39,45)(H,40,43)/t30-,31-,32-,37?/m0/s1. The zero-order chi connectivity index (χ0) is 33.3. The van der Waals surface area contributed by atoms with E-state index in [0.717, 1.165) is 22.3 Å². The van der Waals surface area contributed by atoms with E-state index in [1.807, 2.05) is 107 Å². The minimum absolute atomic E-state index is 0.106. The molecule has 4 atom stereocenters. The van der Waals surface area contributed by atoms with Gasteiger partial charge in [0.1, 0.15) is 11.3 Å². The maximum atomic E-state index is 13.7. The first kappa shape index (κ1) is 34.5. The average Bonchev–Trinajstić information content (AvgIpc) is 3.02. The van der Waals surface area contributed by atoms with Crippen molar-refractivity contribution in [2.24, 2.45) is 17.6 Å². The molecule has 0 radical (unpaired) electrons. The van der Waals surface area contributed by atoms with Gasteiger partial charge in [-0.2, -0.15) is 0 Å². The van der Waals surface area contributed by atoms with Gasteiger partial charge in [0, 0.05) is 13.1 Å². The second-order valence-corrected chi connectivity index (χ2v) is 12.6. The van der Waals surface area contributed by atoms with Gasteiger partial charge in [0.05, 0.1) is 12.1 Å². The Hall–Kier alpha value is -4.37. The average molecular weight is 629 g/mol. The lowest BCUT2D eigenvalue weighted by molar-refractivity contribution is -0.138. The van der Waals surface area contributed by atoms with Crippen molar-refractivity contribution < 1.29 is 24.2 Å². The van der Waals surface area contributed by atoms with Gasteiger partial charge in [0.25, 0.3) is 5.91 Å². The Bertz CT molecular complexity index is 1440. The SMILES string of the molecule is Cc1cccc(C)c1OCC(=O)N[C@@H](Cc1ccccc1)[C@@H](O)C[C@H](Cc1ccccc1)C(C(N)=O)(C(C)C)N1CCCNC1=O. The van der Waals surface area contributed by atoms with Crippen molar-refractivity contribution in [3.8, 4) is 5.75 Å². The molecule has 0 aliphatic carbocycles. The first-order valence-corrected chi connectivity index (χ1v) is 16.1. The normalized spacial score (nSPS) is 16.6. The van der Waals surface area contributed by atoms with Crippen LogP contribution in [0.4, 0.5) is 4.79 Å². The third-order valence-corrected chi connectivity index (χ3v) is 9.14. The zero-order valence-electron chi connectivity index (χ0n) is 27.4. The summed E-state index contributed by atoms with van der Waals surface area (Å²) in [4.78, 5) is 41.9. The van der Waals surface area contributed by atoms with Crippen LogP contribution in [0, 0.1) is 25.7 Å². The monoisotopic (exact) mass is 628 g/mol. The molecule has 0 aromatic heterocycles. The number of aliphatic hydroxyl groups excluding tert-OH is 1. The third kappa shape index (κ3) is 8.07. The van der Waals surface area contributed by atoms with Crippen molar-refractivity contribution in [3.05, 3.63) is 101 Å². The van der Waals surface area contributed by atoms with Gasteiger partial charge >= 0.3 is 6.03 Å². The van der Waals surface area contributed by atoms with Crippen LogP contribution in [0.25, 0.3) is 0 Å². The number of rotatable bonds is 15. The van der Waals surface area contributed by atoms with Gasteiger partial charge in [-0.25, -0.2) is 4.79 Å². The number of carbonyl (C=O) groups is 3. The van der Waals surface area contributed by atoms with Crippen LogP contribution in [0.1, 0.15) is 48.9 Å². The number of primary amides is 1. The van der Waals surface area contributed by atoms with Crippen LogP contribution in [0.3, 0.4) is 0 Å². The fourth-order valence-corrected chi connectivity index (χ4v) is 6.94. The number of amides is 4. The molecule has 4 rings (SSSR count). The molecular weight excluding hydrogens is 580 g/mol. The number of hydrogen-bond acceptors (Lipinski definition) is 5. The Labute approximate surface area is 272 Å². The van der Waals surface area contributed by atoms with Gasteiger partial charge in [-0.1, -0.05) is 92.7 Å². The Morgan fingerprint density at radius 3 is 2.09 bits per heavy atom. The number of nitrogens with zero attached hydrogens (tertiary/aromatic N) is 1. The summed E-state index contributed by atoms with van der Waals surface area (Å²) in [6, 6.07) is 24.1. The lowest BCUT2D eigenvalue weighted by atomic mass is 9.68. The number of urea groups is 1. The Morgan fingerprint density at radius 2 is 1.54 bits per heavy atom. The summed E-state index contributed by atoms with van der Waals surface area (Å²) in [5.74, 6) is -1.25. The van der Waals surface area contributed by atoms with Crippen LogP contribution < -0.4 is 21.1 Å². The summed E-state index contributed by atoms with van der Waals surface area (Å²) >= 11 is 0. The minimum Gasteiger partial charge on any atom is -0.483 e. The molecule has 5 N–H and O–H groups in total. The van der Waals surface area contributed by atoms with Crippen molar-refractivity contribution >= 4 is 17.8 Å². The number of para-hydroxylation sites is 1. The Balaban J connectivity index is 1.67. The van der Waals surface area contributed by atoms with Crippen LogP contribution >= 0.6 is 0 Å². The number of nitrogens with two attached hydrogens (primary N) is 1. The largest absolute Gasteiger partial charge is 0.483 e. The smallest absolute Gasteiger partial charge is 0.318 e. The molecule has 1 unspecified atom stereocenters. The molecule has 0 spiro atoms. The third-order valence-electron chi connectivity index (χ3n) is 9.14. The summed E-state index contributed by atoms with van der Waals surface area (Å²) in [7, 11) is 0. The second kappa shape index (κ2) is 15.8. The highest BCUT2D eigenvalue weighted by molar-refractivity contribution is 5.91. The summed E-state index contributed by atoms with van der Waals surface area (Å²) < 4.78 is 5.92. The molecule has 9 heteroatoms. The lowest BCUT2D eigenvalue weighted by Crippen LogP contribution is -2.70. The number of aryl methyl sites for hydroxylation is 2. The van der Waals surface area contributed by atoms with Gasteiger partial charge < -0.3 is 31.1 Å².